The van der Waals surface area contributed by atoms with Crippen LogP contribution in [0.2, 0.25) is 0 Å². The zero-order valence-electron chi connectivity index (χ0n) is 21.2. The Hall–Kier alpha value is -3.54. The number of allylic oxidation sites excluding steroid dienone is 3. The van der Waals surface area contributed by atoms with Crippen LogP contribution in [0, 0.1) is 18.3 Å². The summed E-state index contributed by atoms with van der Waals surface area (Å²) in [5, 5.41) is 3.31. The van der Waals surface area contributed by atoms with Crippen molar-refractivity contribution in [1.82, 2.24) is 5.32 Å². The summed E-state index contributed by atoms with van der Waals surface area (Å²) in [6.07, 6.45) is 2.52. The summed E-state index contributed by atoms with van der Waals surface area (Å²) >= 11 is 0. The van der Waals surface area contributed by atoms with Gasteiger partial charge in [0.15, 0.2) is 11.5 Å². The number of ketones is 1. The van der Waals surface area contributed by atoms with Gasteiger partial charge in [0, 0.05) is 23.7 Å². The predicted molar refractivity (Wildman–Crippen MR) is 134 cm³/mol. The molecular weight excluding hydrogens is 442 g/mol. The number of carbonyl (C=O) groups is 2. The molecule has 0 spiro atoms. The first-order chi connectivity index (χ1) is 16.6. The van der Waals surface area contributed by atoms with Gasteiger partial charge in [-0.05, 0) is 42.5 Å². The highest BCUT2D eigenvalue weighted by atomic mass is 16.5. The molecule has 2 atom stereocenters. The Kier molecular flexibility index (Phi) is 6.75. The maximum absolute atomic E-state index is 13.4. The third-order valence-electron chi connectivity index (χ3n) is 6.71. The van der Waals surface area contributed by atoms with Crippen molar-refractivity contribution in [3.8, 4) is 11.5 Å². The fraction of sp³-hybridized carbons (Fsp3) is 0.379. The van der Waals surface area contributed by atoms with E-state index < -0.39 is 17.8 Å². The van der Waals surface area contributed by atoms with Gasteiger partial charge in [-0.15, -0.1) is 0 Å². The number of fused-ring (bicyclic) bond motifs is 1. The SMILES string of the molecule is COC(=O)C1=C(C)NC2=CC(C)(C)CC(=O)C2C1c1ccc(OCc2ccc(C)cc2)c(OC)c1. The van der Waals surface area contributed by atoms with Crippen molar-refractivity contribution in [2.45, 2.75) is 46.6 Å². The molecule has 1 heterocycles. The minimum atomic E-state index is -0.496. The minimum absolute atomic E-state index is 0.0950. The van der Waals surface area contributed by atoms with Crippen molar-refractivity contribution >= 4 is 11.8 Å². The van der Waals surface area contributed by atoms with Crippen molar-refractivity contribution in [2.75, 3.05) is 14.2 Å². The molecule has 0 fully saturated rings. The molecule has 184 valence electrons. The van der Waals surface area contributed by atoms with Crippen molar-refractivity contribution in [1.29, 1.82) is 0 Å². The molecule has 6 nitrogen and oxygen atoms in total. The Bertz CT molecular complexity index is 1210. The van der Waals surface area contributed by atoms with Gasteiger partial charge in [0.25, 0.3) is 0 Å². The molecule has 1 aliphatic heterocycles. The normalized spacial score (nSPS) is 21.0. The Morgan fingerprint density at radius 2 is 1.74 bits per heavy atom. The van der Waals surface area contributed by atoms with Gasteiger partial charge in [-0.2, -0.15) is 0 Å². The van der Waals surface area contributed by atoms with E-state index in [1.54, 1.807) is 7.11 Å². The first kappa shape index (κ1) is 24.6. The molecule has 0 aromatic heterocycles. The first-order valence-electron chi connectivity index (χ1n) is 11.8. The second-order valence-electron chi connectivity index (χ2n) is 10.0. The summed E-state index contributed by atoms with van der Waals surface area (Å²) in [6.45, 7) is 8.38. The predicted octanol–water partition coefficient (Wildman–Crippen LogP) is 5.22. The smallest absolute Gasteiger partial charge is 0.336 e. The quantitative estimate of drug-likeness (QED) is 0.578. The number of nitrogens with one attached hydrogen (secondary N) is 1. The molecule has 0 saturated heterocycles. The van der Waals surface area contributed by atoms with E-state index in [1.807, 2.05) is 70.2 Å². The highest BCUT2D eigenvalue weighted by Crippen LogP contribution is 2.48. The molecule has 0 bridgehead atoms. The van der Waals surface area contributed by atoms with Gasteiger partial charge in [0.05, 0.1) is 25.7 Å². The lowest BCUT2D eigenvalue weighted by atomic mass is 9.66. The number of hydrogen-bond donors (Lipinski definition) is 1. The van der Waals surface area contributed by atoms with Crippen molar-refractivity contribution in [2.24, 2.45) is 11.3 Å². The van der Waals surface area contributed by atoms with E-state index in [0.717, 1.165) is 16.8 Å². The van der Waals surface area contributed by atoms with Gasteiger partial charge in [-0.1, -0.05) is 55.8 Å². The number of Topliss-reactive ketones (excluding diaryl/α,β-unsaturated/α-hetero) is 1. The molecular formula is C29H33NO5. The van der Waals surface area contributed by atoms with E-state index in [2.05, 4.69) is 11.4 Å². The van der Waals surface area contributed by atoms with Crippen molar-refractivity contribution in [3.05, 3.63) is 82.2 Å². The average Bonchev–Trinajstić information content (AvgIpc) is 2.81. The van der Waals surface area contributed by atoms with Crippen molar-refractivity contribution in [3.63, 3.8) is 0 Å². The zero-order valence-corrected chi connectivity index (χ0v) is 21.2. The van der Waals surface area contributed by atoms with Crippen LogP contribution >= 0.6 is 0 Å². The average molecular weight is 476 g/mol. The highest BCUT2D eigenvalue weighted by molar-refractivity contribution is 5.96. The topological polar surface area (TPSA) is 73.9 Å². The summed E-state index contributed by atoms with van der Waals surface area (Å²) in [6, 6.07) is 13.8. The van der Waals surface area contributed by atoms with Crippen LogP contribution in [0.1, 0.15) is 49.8 Å². The van der Waals surface area contributed by atoms with E-state index in [4.69, 9.17) is 14.2 Å². The van der Waals surface area contributed by atoms with Gasteiger partial charge in [0.2, 0.25) is 0 Å². The maximum atomic E-state index is 13.4. The number of benzene rings is 2. The Morgan fingerprint density at radius 3 is 2.40 bits per heavy atom. The number of rotatable bonds is 6. The lowest BCUT2D eigenvalue weighted by Gasteiger charge is -2.41. The lowest BCUT2D eigenvalue weighted by molar-refractivity contribution is -0.136. The molecule has 0 saturated carbocycles. The monoisotopic (exact) mass is 475 g/mol. The standard InChI is InChI=1S/C29H33NO5/c1-17-7-9-19(10-8-17)16-35-23-12-11-20(13-24(23)33-5)26-25(28(32)34-6)18(2)30-21-14-29(3,4)15-22(31)27(21)26/h7-14,26-27,30H,15-16H2,1-6H3. The third-order valence-corrected chi connectivity index (χ3v) is 6.71. The fourth-order valence-electron chi connectivity index (χ4n) is 5.05. The molecule has 6 heteroatoms. The number of hydrogen-bond acceptors (Lipinski definition) is 6. The summed E-state index contributed by atoms with van der Waals surface area (Å²) in [7, 11) is 2.95. The number of methoxy groups -OCH3 is 2. The molecule has 0 radical (unpaired) electrons. The van der Waals surface area contributed by atoms with Crippen LogP contribution in [0.5, 0.6) is 11.5 Å². The second-order valence-corrected chi connectivity index (χ2v) is 10.0. The Balaban J connectivity index is 1.73. The van der Waals surface area contributed by atoms with E-state index in [1.165, 1.54) is 12.7 Å². The molecule has 4 rings (SSSR count). The lowest BCUT2D eigenvalue weighted by Crippen LogP contribution is -2.43. The number of aryl methyl sites for hydroxylation is 1. The van der Waals surface area contributed by atoms with Crippen LogP contribution in [0.3, 0.4) is 0 Å². The van der Waals surface area contributed by atoms with Crippen LogP contribution < -0.4 is 14.8 Å². The molecule has 2 aliphatic rings. The molecule has 0 amide bonds. The second kappa shape index (κ2) is 9.61. The zero-order chi connectivity index (χ0) is 25.3. The number of esters is 1. The van der Waals surface area contributed by atoms with Gasteiger partial charge in [-0.25, -0.2) is 4.79 Å². The van der Waals surface area contributed by atoms with E-state index in [-0.39, 0.29) is 11.2 Å². The maximum Gasteiger partial charge on any atom is 0.336 e. The largest absolute Gasteiger partial charge is 0.493 e. The molecule has 1 aliphatic carbocycles. The van der Waals surface area contributed by atoms with Crippen LogP contribution in [0.4, 0.5) is 0 Å². The van der Waals surface area contributed by atoms with Gasteiger partial charge >= 0.3 is 5.97 Å². The van der Waals surface area contributed by atoms with E-state index in [9.17, 15) is 9.59 Å². The Morgan fingerprint density at radius 1 is 1.03 bits per heavy atom. The van der Waals surface area contributed by atoms with E-state index >= 15 is 0 Å². The van der Waals surface area contributed by atoms with Crippen molar-refractivity contribution < 1.29 is 23.8 Å². The molecule has 2 aromatic carbocycles. The van der Waals surface area contributed by atoms with E-state index in [0.29, 0.717) is 35.8 Å². The first-order valence-corrected chi connectivity index (χ1v) is 11.8. The molecule has 1 N–H and O–H groups in total. The summed E-state index contributed by atoms with van der Waals surface area (Å²) in [5.41, 5.74) is 4.77. The van der Waals surface area contributed by atoms with Gasteiger partial charge in [-0.3, -0.25) is 4.79 Å². The molecule has 2 unspecified atom stereocenters. The summed E-state index contributed by atoms with van der Waals surface area (Å²) in [5.74, 6) is -0.196. The minimum Gasteiger partial charge on any atom is -0.493 e. The number of ether oxygens (including phenoxy) is 3. The van der Waals surface area contributed by atoms with Gasteiger partial charge < -0.3 is 19.5 Å². The number of carbonyl (C=O) groups excluding carboxylic acids is 2. The summed E-state index contributed by atoms with van der Waals surface area (Å²) in [4.78, 5) is 26.3. The fourth-order valence-corrected chi connectivity index (χ4v) is 5.05. The van der Waals surface area contributed by atoms with Crippen LogP contribution in [0.25, 0.3) is 0 Å². The van der Waals surface area contributed by atoms with Crippen LogP contribution in [-0.4, -0.2) is 26.0 Å². The van der Waals surface area contributed by atoms with Crippen LogP contribution in [0.15, 0.2) is 65.5 Å². The van der Waals surface area contributed by atoms with Crippen LogP contribution in [-0.2, 0) is 20.9 Å². The molecule has 2 aromatic rings. The summed E-state index contributed by atoms with van der Waals surface area (Å²) < 4.78 is 16.8. The third kappa shape index (κ3) is 4.97. The molecule has 35 heavy (non-hydrogen) atoms. The highest BCUT2D eigenvalue weighted by Gasteiger charge is 2.46. The van der Waals surface area contributed by atoms with Gasteiger partial charge in [0.1, 0.15) is 12.4 Å². The Labute approximate surface area is 207 Å².